The summed E-state index contributed by atoms with van der Waals surface area (Å²) < 4.78 is 0. The number of carbonyl (C=O) groups excluding carboxylic acids is 1. The van der Waals surface area contributed by atoms with Crippen LogP contribution in [0.2, 0.25) is 0 Å². The van der Waals surface area contributed by atoms with Crippen molar-refractivity contribution in [2.75, 3.05) is 11.4 Å². The van der Waals surface area contributed by atoms with Crippen LogP contribution in [0.15, 0.2) is 54.6 Å². The molecule has 0 fully saturated rings. The zero-order valence-electron chi connectivity index (χ0n) is 11.6. The Morgan fingerprint density at radius 3 is 2.50 bits per heavy atom. The fourth-order valence-electron chi connectivity index (χ4n) is 2.07. The number of amides is 1. The molecule has 0 saturated heterocycles. The van der Waals surface area contributed by atoms with Crippen molar-refractivity contribution in [3.05, 3.63) is 60.2 Å². The zero-order chi connectivity index (χ0) is 14.4. The largest absolute Gasteiger partial charge is 0.508 e. The SMILES string of the molecule is CCCCN(C(=O)c1cccc(O)c1)c1ccccc1. The van der Waals surface area contributed by atoms with E-state index in [1.54, 1.807) is 23.1 Å². The maximum absolute atomic E-state index is 12.6. The molecular formula is C17H19NO2. The van der Waals surface area contributed by atoms with E-state index in [1.807, 2.05) is 30.3 Å². The minimum Gasteiger partial charge on any atom is -0.508 e. The first kappa shape index (κ1) is 14.1. The Labute approximate surface area is 119 Å². The van der Waals surface area contributed by atoms with Gasteiger partial charge in [0.05, 0.1) is 0 Å². The van der Waals surface area contributed by atoms with Crippen LogP contribution in [-0.4, -0.2) is 17.6 Å². The van der Waals surface area contributed by atoms with Gasteiger partial charge in [0.15, 0.2) is 0 Å². The lowest BCUT2D eigenvalue weighted by atomic mass is 10.1. The number of hydrogen-bond acceptors (Lipinski definition) is 2. The molecule has 0 aromatic heterocycles. The summed E-state index contributed by atoms with van der Waals surface area (Å²) in [7, 11) is 0. The number of benzene rings is 2. The van der Waals surface area contributed by atoms with Gasteiger partial charge in [0.25, 0.3) is 5.91 Å². The van der Waals surface area contributed by atoms with E-state index in [4.69, 9.17) is 0 Å². The third-order valence-corrected chi connectivity index (χ3v) is 3.14. The smallest absolute Gasteiger partial charge is 0.258 e. The fourth-order valence-corrected chi connectivity index (χ4v) is 2.07. The number of phenolic OH excluding ortho intramolecular Hbond substituents is 1. The molecule has 2 aromatic carbocycles. The highest BCUT2D eigenvalue weighted by Gasteiger charge is 2.17. The van der Waals surface area contributed by atoms with Crippen LogP contribution in [0.3, 0.4) is 0 Å². The van der Waals surface area contributed by atoms with Gasteiger partial charge in [-0.2, -0.15) is 0 Å². The van der Waals surface area contributed by atoms with E-state index in [9.17, 15) is 9.90 Å². The summed E-state index contributed by atoms with van der Waals surface area (Å²) in [6.07, 6.45) is 1.97. The number of carbonyl (C=O) groups is 1. The normalized spacial score (nSPS) is 10.2. The van der Waals surface area contributed by atoms with Gasteiger partial charge in [0.1, 0.15) is 5.75 Å². The van der Waals surface area contributed by atoms with Crippen molar-refractivity contribution in [1.29, 1.82) is 0 Å². The van der Waals surface area contributed by atoms with Crippen molar-refractivity contribution in [3.63, 3.8) is 0 Å². The van der Waals surface area contributed by atoms with E-state index in [0.29, 0.717) is 12.1 Å². The van der Waals surface area contributed by atoms with Gasteiger partial charge in [-0.1, -0.05) is 37.6 Å². The van der Waals surface area contributed by atoms with Gasteiger partial charge < -0.3 is 10.0 Å². The summed E-state index contributed by atoms with van der Waals surface area (Å²) in [5.74, 6) is 0.0277. The molecule has 2 rings (SSSR count). The van der Waals surface area contributed by atoms with Gasteiger partial charge >= 0.3 is 0 Å². The molecule has 0 heterocycles. The van der Waals surface area contributed by atoms with Crippen molar-refractivity contribution < 1.29 is 9.90 Å². The van der Waals surface area contributed by atoms with E-state index in [0.717, 1.165) is 18.5 Å². The molecule has 0 aliphatic heterocycles. The quantitative estimate of drug-likeness (QED) is 0.896. The molecule has 0 atom stereocenters. The first-order chi connectivity index (χ1) is 9.72. The van der Waals surface area contributed by atoms with E-state index in [1.165, 1.54) is 6.07 Å². The number of unbranched alkanes of at least 4 members (excludes halogenated alkanes) is 1. The summed E-state index contributed by atoms with van der Waals surface area (Å²) in [6, 6.07) is 16.1. The van der Waals surface area contributed by atoms with Gasteiger partial charge in [-0.05, 0) is 36.8 Å². The van der Waals surface area contributed by atoms with Crippen LogP contribution in [0.25, 0.3) is 0 Å². The topological polar surface area (TPSA) is 40.5 Å². The van der Waals surface area contributed by atoms with Crippen molar-refractivity contribution >= 4 is 11.6 Å². The second-order valence-electron chi connectivity index (χ2n) is 4.70. The Kier molecular flexibility index (Phi) is 4.77. The molecule has 2 aromatic rings. The standard InChI is InChI=1S/C17H19NO2/c1-2-3-12-18(15-9-5-4-6-10-15)17(20)14-8-7-11-16(19)13-14/h4-11,13,19H,2-3,12H2,1H3. The van der Waals surface area contributed by atoms with Crippen LogP contribution >= 0.6 is 0 Å². The minimum absolute atomic E-state index is 0.0828. The van der Waals surface area contributed by atoms with Crippen LogP contribution in [0.5, 0.6) is 5.75 Å². The lowest BCUT2D eigenvalue weighted by Crippen LogP contribution is -2.31. The fraction of sp³-hybridized carbons (Fsp3) is 0.235. The summed E-state index contributed by atoms with van der Waals surface area (Å²) in [6.45, 7) is 2.77. The Balaban J connectivity index is 2.29. The Hall–Kier alpha value is -2.29. The molecule has 0 unspecified atom stereocenters. The number of para-hydroxylation sites is 1. The molecule has 0 saturated carbocycles. The Bertz CT molecular complexity index is 566. The molecule has 3 heteroatoms. The molecule has 0 bridgehead atoms. The van der Waals surface area contributed by atoms with Crippen molar-refractivity contribution in [1.82, 2.24) is 0 Å². The zero-order valence-corrected chi connectivity index (χ0v) is 11.6. The molecule has 1 amide bonds. The lowest BCUT2D eigenvalue weighted by Gasteiger charge is -2.23. The molecule has 0 radical (unpaired) electrons. The molecule has 3 nitrogen and oxygen atoms in total. The van der Waals surface area contributed by atoms with Crippen molar-refractivity contribution in [2.45, 2.75) is 19.8 Å². The molecule has 0 aliphatic rings. The molecule has 0 aliphatic carbocycles. The third kappa shape index (κ3) is 3.38. The molecule has 104 valence electrons. The second-order valence-corrected chi connectivity index (χ2v) is 4.70. The van der Waals surface area contributed by atoms with Crippen LogP contribution < -0.4 is 4.90 Å². The molecule has 20 heavy (non-hydrogen) atoms. The number of aromatic hydroxyl groups is 1. The van der Waals surface area contributed by atoms with Crippen LogP contribution in [-0.2, 0) is 0 Å². The van der Waals surface area contributed by atoms with Gasteiger partial charge in [0, 0.05) is 17.8 Å². The van der Waals surface area contributed by atoms with E-state index in [2.05, 4.69) is 6.92 Å². The number of rotatable bonds is 5. The van der Waals surface area contributed by atoms with E-state index < -0.39 is 0 Å². The Morgan fingerprint density at radius 1 is 1.10 bits per heavy atom. The first-order valence-electron chi connectivity index (χ1n) is 6.88. The first-order valence-corrected chi connectivity index (χ1v) is 6.88. The van der Waals surface area contributed by atoms with Gasteiger partial charge in [-0.15, -0.1) is 0 Å². The number of nitrogens with zero attached hydrogens (tertiary/aromatic N) is 1. The van der Waals surface area contributed by atoms with E-state index in [-0.39, 0.29) is 11.7 Å². The number of anilines is 1. The van der Waals surface area contributed by atoms with Gasteiger partial charge in [-0.3, -0.25) is 4.79 Å². The van der Waals surface area contributed by atoms with Crippen LogP contribution in [0.1, 0.15) is 30.1 Å². The highest BCUT2D eigenvalue weighted by Crippen LogP contribution is 2.19. The Morgan fingerprint density at radius 2 is 1.85 bits per heavy atom. The molecular weight excluding hydrogens is 250 g/mol. The summed E-state index contributed by atoms with van der Waals surface area (Å²) in [5, 5.41) is 9.52. The van der Waals surface area contributed by atoms with Gasteiger partial charge in [-0.25, -0.2) is 0 Å². The van der Waals surface area contributed by atoms with Crippen molar-refractivity contribution in [2.24, 2.45) is 0 Å². The predicted octanol–water partition coefficient (Wildman–Crippen LogP) is 3.84. The molecule has 1 N–H and O–H groups in total. The lowest BCUT2D eigenvalue weighted by molar-refractivity contribution is 0.0986. The molecule has 0 spiro atoms. The predicted molar refractivity (Wildman–Crippen MR) is 81.1 cm³/mol. The summed E-state index contributed by atoms with van der Waals surface area (Å²) in [4.78, 5) is 14.4. The summed E-state index contributed by atoms with van der Waals surface area (Å²) in [5.41, 5.74) is 1.39. The highest BCUT2D eigenvalue weighted by atomic mass is 16.3. The number of phenols is 1. The maximum atomic E-state index is 12.6. The van der Waals surface area contributed by atoms with Gasteiger partial charge in [0.2, 0.25) is 0 Å². The summed E-state index contributed by atoms with van der Waals surface area (Å²) >= 11 is 0. The van der Waals surface area contributed by atoms with Crippen LogP contribution in [0, 0.1) is 0 Å². The average molecular weight is 269 g/mol. The highest BCUT2D eigenvalue weighted by molar-refractivity contribution is 6.06. The second kappa shape index (κ2) is 6.75. The monoisotopic (exact) mass is 269 g/mol. The van der Waals surface area contributed by atoms with E-state index >= 15 is 0 Å². The van der Waals surface area contributed by atoms with Crippen molar-refractivity contribution in [3.8, 4) is 5.75 Å². The average Bonchev–Trinajstić information content (AvgIpc) is 2.48. The number of hydrogen-bond donors (Lipinski definition) is 1. The maximum Gasteiger partial charge on any atom is 0.258 e. The van der Waals surface area contributed by atoms with Crippen LogP contribution in [0.4, 0.5) is 5.69 Å². The third-order valence-electron chi connectivity index (χ3n) is 3.14. The minimum atomic E-state index is -0.0828.